The van der Waals surface area contributed by atoms with Crippen LogP contribution in [0.15, 0.2) is 36.4 Å². The molecule has 0 spiro atoms. The van der Waals surface area contributed by atoms with Crippen LogP contribution in [0.3, 0.4) is 0 Å². The second-order valence-electron chi connectivity index (χ2n) is 7.27. The number of benzene rings is 1. The SMILES string of the molecule is Cc1nn(CC(C)C)c2sc(C(=O)OC(C)C(=O)N(C)c3ccccc3)cc12. The van der Waals surface area contributed by atoms with Gasteiger partial charge in [0.1, 0.15) is 9.71 Å². The van der Waals surface area contributed by atoms with Crippen LogP contribution in [-0.2, 0) is 16.1 Å². The molecule has 0 radical (unpaired) electrons. The van der Waals surface area contributed by atoms with Crippen LogP contribution in [0, 0.1) is 12.8 Å². The summed E-state index contributed by atoms with van der Waals surface area (Å²) in [6.07, 6.45) is -0.879. The first-order valence-corrected chi connectivity index (χ1v) is 10.1. The fourth-order valence-corrected chi connectivity index (χ4v) is 4.06. The highest BCUT2D eigenvalue weighted by molar-refractivity contribution is 7.20. The number of carbonyl (C=O) groups is 2. The van der Waals surface area contributed by atoms with Crippen molar-refractivity contribution in [1.82, 2.24) is 9.78 Å². The van der Waals surface area contributed by atoms with E-state index in [1.807, 2.05) is 41.9 Å². The Morgan fingerprint density at radius 1 is 1.21 bits per heavy atom. The molecule has 3 rings (SSSR count). The zero-order valence-corrected chi connectivity index (χ0v) is 17.6. The van der Waals surface area contributed by atoms with Gasteiger partial charge < -0.3 is 9.64 Å². The third-order valence-electron chi connectivity index (χ3n) is 4.45. The summed E-state index contributed by atoms with van der Waals surface area (Å²) in [6.45, 7) is 8.57. The maximum absolute atomic E-state index is 12.6. The molecule has 0 fully saturated rings. The molecule has 3 aromatic rings. The number of esters is 1. The van der Waals surface area contributed by atoms with Crippen LogP contribution in [0.5, 0.6) is 0 Å². The number of aryl methyl sites for hydroxylation is 1. The van der Waals surface area contributed by atoms with Gasteiger partial charge in [0, 0.05) is 24.7 Å². The minimum Gasteiger partial charge on any atom is -0.448 e. The molecule has 0 aliphatic heterocycles. The number of fused-ring (bicyclic) bond motifs is 1. The number of para-hydroxylation sites is 1. The molecule has 28 heavy (non-hydrogen) atoms. The minimum absolute atomic E-state index is 0.275. The van der Waals surface area contributed by atoms with Gasteiger partial charge in [-0.2, -0.15) is 5.10 Å². The number of rotatable bonds is 6. The summed E-state index contributed by atoms with van der Waals surface area (Å²) in [5, 5.41) is 5.51. The number of hydrogen-bond donors (Lipinski definition) is 0. The van der Waals surface area contributed by atoms with E-state index in [-0.39, 0.29) is 5.91 Å². The van der Waals surface area contributed by atoms with Gasteiger partial charge in [0.25, 0.3) is 5.91 Å². The van der Waals surface area contributed by atoms with Gasteiger partial charge in [0.05, 0.1) is 5.69 Å². The second kappa shape index (κ2) is 8.14. The molecule has 0 saturated carbocycles. The topological polar surface area (TPSA) is 64.4 Å². The number of amides is 1. The van der Waals surface area contributed by atoms with E-state index >= 15 is 0 Å². The Balaban J connectivity index is 1.74. The predicted molar refractivity (Wildman–Crippen MR) is 112 cm³/mol. The molecule has 6 nitrogen and oxygen atoms in total. The largest absolute Gasteiger partial charge is 0.448 e. The third kappa shape index (κ3) is 4.09. The highest BCUT2D eigenvalue weighted by atomic mass is 32.1. The van der Waals surface area contributed by atoms with Gasteiger partial charge in [0.2, 0.25) is 0 Å². The van der Waals surface area contributed by atoms with Gasteiger partial charge in [-0.3, -0.25) is 9.48 Å². The first kappa shape index (κ1) is 20.1. The van der Waals surface area contributed by atoms with Crippen molar-refractivity contribution in [2.45, 2.75) is 40.3 Å². The maximum atomic E-state index is 12.6. The molecular weight excluding hydrogens is 374 g/mol. The van der Waals surface area contributed by atoms with E-state index in [2.05, 4.69) is 18.9 Å². The molecule has 0 N–H and O–H groups in total. The van der Waals surface area contributed by atoms with Gasteiger partial charge in [-0.05, 0) is 38.0 Å². The van der Waals surface area contributed by atoms with Crippen molar-refractivity contribution < 1.29 is 14.3 Å². The Morgan fingerprint density at radius 3 is 2.54 bits per heavy atom. The molecule has 1 aromatic carbocycles. The van der Waals surface area contributed by atoms with Crippen molar-refractivity contribution in [2.75, 3.05) is 11.9 Å². The summed E-state index contributed by atoms with van der Waals surface area (Å²) in [5.41, 5.74) is 1.64. The Kier molecular flexibility index (Phi) is 5.84. The molecule has 2 aromatic heterocycles. The van der Waals surface area contributed by atoms with Gasteiger partial charge in [-0.15, -0.1) is 11.3 Å². The van der Waals surface area contributed by atoms with E-state index in [0.29, 0.717) is 10.8 Å². The molecule has 1 unspecified atom stereocenters. The van der Waals surface area contributed by atoms with Crippen molar-refractivity contribution in [2.24, 2.45) is 5.92 Å². The lowest BCUT2D eigenvalue weighted by atomic mass is 10.2. The summed E-state index contributed by atoms with van der Waals surface area (Å²) in [5.74, 6) is -0.312. The van der Waals surface area contributed by atoms with E-state index in [4.69, 9.17) is 4.74 Å². The molecule has 0 aliphatic carbocycles. The molecule has 1 amide bonds. The first-order valence-electron chi connectivity index (χ1n) is 9.28. The summed E-state index contributed by atoms with van der Waals surface area (Å²) >= 11 is 1.35. The number of thiophene rings is 1. The predicted octanol–water partition coefficient (Wildman–Crippen LogP) is 4.27. The number of aromatic nitrogens is 2. The van der Waals surface area contributed by atoms with Gasteiger partial charge >= 0.3 is 5.97 Å². The quantitative estimate of drug-likeness (QED) is 0.581. The zero-order chi connectivity index (χ0) is 20.4. The smallest absolute Gasteiger partial charge is 0.349 e. The fourth-order valence-electron chi connectivity index (χ4n) is 3.00. The first-order chi connectivity index (χ1) is 13.3. The zero-order valence-electron chi connectivity index (χ0n) is 16.8. The molecule has 0 bridgehead atoms. The number of carbonyl (C=O) groups excluding carboxylic acids is 2. The van der Waals surface area contributed by atoms with E-state index in [0.717, 1.165) is 28.1 Å². The average molecular weight is 400 g/mol. The van der Waals surface area contributed by atoms with Gasteiger partial charge in [-0.25, -0.2) is 4.79 Å². The maximum Gasteiger partial charge on any atom is 0.349 e. The Bertz CT molecular complexity index is 991. The van der Waals surface area contributed by atoms with Crippen LogP contribution in [0.1, 0.15) is 36.1 Å². The van der Waals surface area contributed by atoms with Crippen LogP contribution < -0.4 is 4.90 Å². The summed E-state index contributed by atoms with van der Waals surface area (Å²) in [7, 11) is 1.67. The Labute approximate surface area is 168 Å². The molecule has 0 aliphatic rings. The second-order valence-corrected chi connectivity index (χ2v) is 8.30. The monoisotopic (exact) mass is 399 g/mol. The third-order valence-corrected chi connectivity index (χ3v) is 5.58. The fraction of sp³-hybridized carbons (Fsp3) is 0.381. The number of hydrogen-bond acceptors (Lipinski definition) is 5. The van der Waals surface area contributed by atoms with Crippen molar-refractivity contribution in [3.05, 3.63) is 47.0 Å². The standard InChI is InChI=1S/C21H25N3O3S/c1-13(2)12-24-20-17(14(3)22-24)11-18(28-20)21(26)27-15(4)19(25)23(5)16-9-7-6-8-10-16/h6-11,13,15H,12H2,1-5H3. The van der Waals surface area contributed by atoms with Crippen molar-refractivity contribution in [3.8, 4) is 0 Å². The summed E-state index contributed by atoms with van der Waals surface area (Å²) < 4.78 is 7.39. The number of anilines is 1. The van der Waals surface area contributed by atoms with Crippen molar-refractivity contribution in [3.63, 3.8) is 0 Å². The molecular formula is C21H25N3O3S. The van der Waals surface area contributed by atoms with Crippen LogP contribution in [0.2, 0.25) is 0 Å². The molecule has 2 heterocycles. The van der Waals surface area contributed by atoms with Crippen LogP contribution in [0.4, 0.5) is 5.69 Å². The molecule has 1 atom stereocenters. The van der Waals surface area contributed by atoms with Crippen LogP contribution in [-0.4, -0.2) is 34.8 Å². The lowest BCUT2D eigenvalue weighted by Crippen LogP contribution is -2.37. The summed E-state index contributed by atoms with van der Waals surface area (Å²) in [4.78, 5) is 28.2. The van der Waals surface area contributed by atoms with E-state index in [9.17, 15) is 9.59 Å². The van der Waals surface area contributed by atoms with Gasteiger partial charge in [0.15, 0.2) is 6.10 Å². The minimum atomic E-state index is -0.879. The van der Waals surface area contributed by atoms with Crippen LogP contribution >= 0.6 is 11.3 Å². The van der Waals surface area contributed by atoms with Crippen LogP contribution in [0.25, 0.3) is 10.2 Å². The Hall–Kier alpha value is -2.67. The van der Waals surface area contributed by atoms with Crippen molar-refractivity contribution >= 4 is 39.1 Å². The molecule has 0 saturated heterocycles. The average Bonchev–Trinajstić information content (AvgIpc) is 3.22. The van der Waals surface area contributed by atoms with E-state index < -0.39 is 12.1 Å². The lowest BCUT2D eigenvalue weighted by molar-refractivity contribution is -0.126. The summed E-state index contributed by atoms with van der Waals surface area (Å²) in [6, 6.07) is 11.1. The number of likely N-dealkylation sites (N-methyl/N-ethyl adjacent to an activating group) is 1. The molecule has 148 valence electrons. The molecule has 7 heteroatoms. The Morgan fingerprint density at radius 2 is 1.89 bits per heavy atom. The van der Waals surface area contributed by atoms with Crippen molar-refractivity contribution in [1.29, 1.82) is 0 Å². The highest BCUT2D eigenvalue weighted by Gasteiger charge is 2.25. The number of ether oxygens (including phenoxy) is 1. The lowest BCUT2D eigenvalue weighted by Gasteiger charge is -2.21. The normalized spacial score (nSPS) is 12.4. The number of nitrogens with zero attached hydrogens (tertiary/aromatic N) is 3. The van der Waals surface area contributed by atoms with E-state index in [1.165, 1.54) is 16.2 Å². The van der Waals surface area contributed by atoms with Gasteiger partial charge in [-0.1, -0.05) is 32.0 Å². The van der Waals surface area contributed by atoms with E-state index in [1.54, 1.807) is 20.0 Å². The highest BCUT2D eigenvalue weighted by Crippen LogP contribution is 2.29.